The van der Waals surface area contributed by atoms with Crippen LogP contribution in [0, 0.1) is 0 Å². The molecule has 4 nitrogen and oxygen atoms in total. The molecule has 0 aliphatic rings. The van der Waals surface area contributed by atoms with Crippen LogP contribution in [0.5, 0.6) is 17.2 Å². The minimum Gasteiger partial charge on any atom is -0.508 e. The van der Waals surface area contributed by atoms with E-state index in [9.17, 15) is 15.0 Å². The van der Waals surface area contributed by atoms with Crippen LogP contribution in [0.15, 0.2) is 36.4 Å². The summed E-state index contributed by atoms with van der Waals surface area (Å²) in [5.74, 6) is 1.05. The highest BCUT2D eigenvalue weighted by molar-refractivity contribution is 6.07. The van der Waals surface area contributed by atoms with Crippen molar-refractivity contribution in [3.63, 3.8) is 0 Å². The first-order valence-electron chi connectivity index (χ1n) is 9.30. The van der Waals surface area contributed by atoms with Gasteiger partial charge in [-0.2, -0.15) is 0 Å². The summed E-state index contributed by atoms with van der Waals surface area (Å²) in [7, 11) is 0. The number of benzene rings is 2. The van der Waals surface area contributed by atoms with Gasteiger partial charge in [0, 0.05) is 16.7 Å². The minimum absolute atomic E-state index is 0.0743. The quantitative estimate of drug-likeness (QED) is 0.490. The largest absolute Gasteiger partial charge is 0.508 e. The minimum atomic E-state index is -0.164. The number of rotatable bonds is 7. The highest BCUT2D eigenvalue weighted by atomic mass is 16.5. The molecule has 0 spiro atoms. The van der Waals surface area contributed by atoms with Crippen LogP contribution >= 0.6 is 0 Å². The number of phenols is 2. The van der Waals surface area contributed by atoms with Gasteiger partial charge < -0.3 is 14.9 Å². The van der Waals surface area contributed by atoms with Crippen LogP contribution in [0.3, 0.4) is 0 Å². The fraction of sp³-hybridized carbons (Fsp3) is 0.348. The van der Waals surface area contributed by atoms with Crippen LogP contribution in [0.1, 0.15) is 73.5 Å². The van der Waals surface area contributed by atoms with E-state index in [1.807, 2.05) is 40.7 Å². The molecule has 0 aromatic heterocycles. The lowest BCUT2D eigenvalue weighted by molar-refractivity contribution is 0.104. The summed E-state index contributed by atoms with van der Waals surface area (Å²) in [5.41, 5.74) is 2.86. The predicted molar refractivity (Wildman–Crippen MR) is 109 cm³/mol. The number of hydrogen-bond donors (Lipinski definition) is 2. The van der Waals surface area contributed by atoms with Crippen molar-refractivity contribution in [2.24, 2.45) is 0 Å². The van der Waals surface area contributed by atoms with E-state index in [1.54, 1.807) is 18.2 Å². The van der Waals surface area contributed by atoms with E-state index in [2.05, 4.69) is 0 Å². The van der Waals surface area contributed by atoms with Gasteiger partial charge in [0.15, 0.2) is 5.78 Å². The second kappa shape index (κ2) is 8.76. The van der Waals surface area contributed by atoms with Crippen molar-refractivity contribution >= 4 is 11.9 Å². The van der Waals surface area contributed by atoms with Crippen molar-refractivity contribution in [2.75, 3.05) is 6.61 Å². The zero-order valence-corrected chi connectivity index (χ0v) is 16.6. The van der Waals surface area contributed by atoms with E-state index in [1.165, 1.54) is 18.2 Å². The molecule has 0 bridgehead atoms. The maximum Gasteiger partial charge on any atom is 0.185 e. The topological polar surface area (TPSA) is 66.8 Å². The third-order valence-corrected chi connectivity index (χ3v) is 4.40. The molecule has 0 fully saturated rings. The van der Waals surface area contributed by atoms with Crippen LogP contribution in [-0.4, -0.2) is 22.6 Å². The summed E-state index contributed by atoms with van der Waals surface area (Å²) in [5, 5.41) is 20.1. The summed E-state index contributed by atoms with van der Waals surface area (Å²) >= 11 is 0. The molecule has 0 saturated heterocycles. The number of allylic oxidation sites excluding steroid dienone is 1. The number of hydrogen-bond acceptors (Lipinski definition) is 4. The molecular formula is C23H28O4. The van der Waals surface area contributed by atoms with E-state index in [-0.39, 0.29) is 29.1 Å². The van der Waals surface area contributed by atoms with Gasteiger partial charge in [0.2, 0.25) is 0 Å². The lowest BCUT2D eigenvalue weighted by Crippen LogP contribution is -2.04. The van der Waals surface area contributed by atoms with Crippen LogP contribution in [0.2, 0.25) is 0 Å². The molecule has 0 atom stereocenters. The van der Waals surface area contributed by atoms with Crippen molar-refractivity contribution in [1.29, 1.82) is 0 Å². The number of aromatic hydroxyl groups is 2. The van der Waals surface area contributed by atoms with Gasteiger partial charge in [-0.25, -0.2) is 0 Å². The van der Waals surface area contributed by atoms with E-state index in [4.69, 9.17) is 4.74 Å². The molecular weight excluding hydrogens is 340 g/mol. The van der Waals surface area contributed by atoms with Crippen LogP contribution in [-0.2, 0) is 0 Å². The molecule has 0 aliphatic carbocycles. The lowest BCUT2D eigenvalue weighted by atomic mass is 9.90. The summed E-state index contributed by atoms with van der Waals surface area (Å²) in [6, 6.07) is 8.03. The maximum absolute atomic E-state index is 12.4. The highest BCUT2D eigenvalue weighted by Crippen LogP contribution is 2.43. The Balaban J connectivity index is 2.53. The number of carbonyl (C=O) groups is 1. The van der Waals surface area contributed by atoms with E-state index >= 15 is 0 Å². The Morgan fingerprint density at radius 1 is 1.07 bits per heavy atom. The number of phenolic OH excluding ortho intramolecular Hbond substituents is 2. The Bertz CT molecular complexity index is 830. The van der Waals surface area contributed by atoms with E-state index < -0.39 is 0 Å². The predicted octanol–water partition coefficient (Wildman–Crippen LogP) is 5.64. The van der Waals surface area contributed by atoms with Crippen LogP contribution in [0.4, 0.5) is 0 Å². The summed E-state index contributed by atoms with van der Waals surface area (Å²) in [6.07, 6.45) is 3.23. The van der Waals surface area contributed by atoms with E-state index in [0.29, 0.717) is 17.9 Å². The maximum atomic E-state index is 12.4. The molecule has 0 unspecified atom stereocenters. The second-order valence-corrected chi connectivity index (χ2v) is 7.13. The second-order valence-electron chi connectivity index (χ2n) is 7.13. The smallest absolute Gasteiger partial charge is 0.185 e. The number of ether oxygens (including phenoxy) is 1. The molecule has 2 rings (SSSR count). The Morgan fingerprint density at radius 2 is 1.70 bits per heavy atom. The fourth-order valence-corrected chi connectivity index (χ4v) is 3.01. The Kier molecular flexibility index (Phi) is 6.67. The first-order valence-corrected chi connectivity index (χ1v) is 9.30. The number of ketones is 1. The highest BCUT2D eigenvalue weighted by Gasteiger charge is 2.21. The molecule has 2 aromatic rings. The Labute approximate surface area is 161 Å². The fourth-order valence-electron chi connectivity index (χ4n) is 3.01. The molecule has 0 amide bonds. The summed E-state index contributed by atoms with van der Waals surface area (Å²) < 4.78 is 5.84. The zero-order valence-electron chi connectivity index (χ0n) is 16.6. The average Bonchev–Trinajstić information content (AvgIpc) is 2.61. The van der Waals surface area contributed by atoms with Gasteiger partial charge in [-0.05, 0) is 66.8 Å². The first-order chi connectivity index (χ1) is 12.8. The summed E-state index contributed by atoms with van der Waals surface area (Å²) in [4.78, 5) is 12.4. The van der Waals surface area contributed by atoms with E-state index in [0.717, 1.165) is 16.7 Å². The Morgan fingerprint density at radius 3 is 2.22 bits per heavy atom. The standard InChI is InChI=1S/C23H28O4/c1-6-27-23-17(9-12-20(25)16-7-10-18(24)11-8-16)13-19(14(2)3)22(26)21(23)15(4)5/h7-15,24,26H,6H2,1-5H3/b12-9+. The molecule has 0 saturated carbocycles. The van der Waals surface area contributed by atoms with Gasteiger partial charge in [0.1, 0.15) is 17.2 Å². The monoisotopic (exact) mass is 368 g/mol. The summed E-state index contributed by atoms with van der Waals surface area (Å²) in [6.45, 7) is 10.4. The lowest BCUT2D eigenvalue weighted by Gasteiger charge is -2.21. The number of carbonyl (C=O) groups excluding carboxylic acids is 1. The van der Waals surface area contributed by atoms with Gasteiger partial charge in [-0.15, -0.1) is 0 Å². The zero-order chi connectivity index (χ0) is 20.1. The molecule has 27 heavy (non-hydrogen) atoms. The van der Waals surface area contributed by atoms with Crippen LogP contribution < -0.4 is 4.74 Å². The molecule has 0 heterocycles. The van der Waals surface area contributed by atoms with Crippen molar-refractivity contribution in [3.05, 3.63) is 58.7 Å². The van der Waals surface area contributed by atoms with Gasteiger partial charge >= 0.3 is 0 Å². The Hall–Kier alpha value is -2.75. The molecule has 0 aliphatic heterocycles. The normalized spacial score (nSPS) is 11.5. The molecule has 144 valence electrons. The molecule has 4 heteroatoms. The average molecular weight is 368 g/mol. The van der Waals surface area contributed by atoms with Gasteiger partial charge in [-0.1, -0.05) is 27.7 Å². The van der Waals surface area contributed by atoms with Crippen molar-refractivity contribution in [2.45, 2.75) is 46.5 Å². The third-order valence-electron chi connectivity index (χ3n) is 4.40. The SMILES string of the molecule is CCOc1c(/C=C/C(=O)c2ccc(O)cc2)cc(C(C)C)c(O)c1C(C)C. The van der Waals surface area contributed by atoms with Crippen molar-refractivity contribution < 1.29 is 19.7 Å². The van der Waals surface area contributed by atoms with Crippen molar-refractivity contribution in [3.8, 4) is 17.2 Å². The van der Waals surface area contributed by atoms with Crippen LogP contribution in [0.25, 0.3) is 6.08 Å². The van der Waals surface area contributed by atoms with Gasteiger partial charge in [0.05, 0.1) is 6.61 Å². The third kappa shape index (κ3) is 4.70. The molecule has 2 aromatic carbocycles. The molecule has 2 N–H and O–H groups in total. The van der Waals surface area contributed by atoms with Gasteiger partial charge in [-0.3, -0.25) is 4.79 Å². The first kappa shape index (κ1) is 20.6. The van der Waals surface area contributed by atoms with Gasteiger partial charge in [0.25, 0.3) is 0 Å². The molecule has 0 radical (unpaired) electrons. The van der Waals surface area contributed by atoms with Crippen molar-refractivity contribution in [1.82, 2.24) is 0 Å².